The molecule has 0 fully saturated rings. The molecule has 1 aromatic carbocycles. The topological polar surface area (TPSA) is 87.5 Å². The van der Waals surface area contributed by atoms with Crippen LogP contribution in [-0.4, -0.2) is 67.0 Å². The van der Waals surface area contributed by atoms with Gasteiger partial charge in [0, 0.05) is 31.4 Å². The van der Waals surface area contributed by atoms with E-state index in [1.807, 2.05) is 19.0 Å². The Bertz CT molecular complexity index is 917. The number of anilines is 1. The van der Waals surface area contributed by atoms with Crippen molar-refractivity contribution in [1.29, 1.82) is 0 Å². The van der Waals surface area contributed by atoms with Crippen molar-refractivity contribution in [2.24, 2.45) is 0 Å². The first-order valence-corrected chi connectivity index (χ1v) is 10.7. The fourth-order valence-electron chi connectivity index (χ4n) is 2.77. The number of hydrogen-bond acceptors (Lipinski definition) is 5. The van der Waals surface area contributed by atoms with Gasteiger partial charge in [-0.05, 0) is 38.7 Å². The summed E-state index contributed by atoms with van der Waals surface area (Å²) in [6.45, 7) is 7.65. The normalized spacial score (nSPS) is 12.0. The van der Waals surface area contributed by atoms with Gasteiger partial charge in [0.05, 0.1) is 23.3 Å². The van der Waals surface area contributed by atoms with Crippen LogP contribution in [0.1, 0.15) is 29.8 Å². The lowest BCUT2D eigenvalue weighted by molar-refractivity contribution is 0.102. The molecule has 0 saturated carbocycles. The number of amides is 1. The molecule has 2 rings (SSSR count). The van der Waals surface area contributed by atoms with E-state index in [-0.39, 0.29) is 10.8 Å². The van der Waals surface area contributed by atoms with Crippen LogP contribution in [-0.2, 0) is 16.6 Å². The van der Waals surface area contributed by atoms with Crippen LogP contribution >= 0.6 is 0 Å². The maximum atomic E-state index is 12.7. The zero-order valence-corrected chi connectivity index (χ0v) is 18.0. The Morgan fingerprint density at radius 2 is 1.89 bits per heavy atom. The van der Waals surface area contributed by atoms with Gasteiger partial charge in [-0.2, -0.15) is 9.40 Å². The standard InChI is InChI=1S/C19H29N5O3S/c1-6-24(7-2)28(26,27)17-9-8-15(3)18(12-17)19(25)21-16-13-20-23(14-16)11-10-22(4)5/h8-9,12-14H,6-7,10-11H2,1-5H3,(H,21,25). The highest BCUT2D eigenvalue weighted by atomic mass is 32.2. The second-order valence-corrected chi connectivity index (χ2v) is 8.75. The maximum Gasteiger partial charge on any atom is 0.256 e. The van der Waals surface area contributed by atoms with Crippen LogP contribution in [0.3, 0.4) is 0 Å². The summed E-state index contributed by atoms with van der Waals surface area (Å²) >= 11 is 0. The lowest BCUT2D eigenvalue weighted by Crippen LogP contribution is -2.30. The number of likely N-dealkylation sites (N-methyl/N-ethyl adjacent to an activating group) is 1. The molecule has 0 saturated heterocycles. The molecule has 0 unspecified atom stereocenters. The minimum atomic E-state index is -3.63. The van der Waals surface area contributed by atoms with E-state index in [2.05, 4.69) is 10.4 Å². The Balaban J connectivity index is 2.22. The number of nitrogens with zero attached hydrogens (tertiary/aromatic N) is 4. The van der Waals surface area contributed by atoms with Crippen LogP contribution in [0.25, 0.3) is 0 Å². The van der Waals surface area contributed by atoms with Crippen LogP contribution in [0.4, 0.5) is 5.69 Å². The SMILES string of the molecule is CCN(CC)S(=O)(=O)c1ccc(C)c(C(=O)Nc2cnn(CCN(C)C)c2)c1. The average molecular weight is 408 g/mol. The Labute approximate surface area is 167 Å². The fraction of sp³-hybridized carbons (Fsp3) is 0.474. The van der Waals surface area contributed by atoms with Gasteiger partial charge in [0.2, 0.25) is 10.0 Å². The molecule has 1 amide bonds. The maximum absolute atomic E-state index is 12.7. The molecule has 0 aliphatic heterocycles. The number of carbonyl (C=O) groups is 1. The summed E-state index contributed by atoms with van der Waals surface area (Å²) in [7, 11) is 0.335. The van der Waals surface area contributed by atoms with Crippen LogP contribution < -0.4 is 5.32 Å². The molecule has 0 radical (unpaired) electrons. The Morgan fingerprint density at radius 1 is 1.21 bits per heavy atom. The molecular weight excluding hydrogens is 378 g/mol. The Morgan fingerprint density at radius 3 is 2.50 bits per heavy atom. The Kier molecular flexibility index (Phi) is 7.34. The molecule has 1 aromatic heterocycles. The molecule has 0 aliphatic carbocycles. The molecule has 0 bridgehead atoms. The first-order valence-electron chi connectivity index (χ1n) is 9.28. The van der Waals surface area contributed by atoms with E-state index >= 15 is 0 Å². The number of aromatic nitrogens is 2. The summed E-state index contributed by atoms with van der Waals surface area (Å²) in [4.78, 5) is 14.9. The van der Waals surface area contributed by atoms with E-state index in [9.17, 15) is 13.2 Å². The third kappa shape index (κ3) is 5.18. The summed E-state index contributed by atoms with van der Waals surface area (Å²) in [5, 5.41) is 7.03. The minimum Gasteiger partial charge on any atom is -0.319 e. The largest absolute Gasteiger partial charge is 0.319 e. The monoisotopic (exact) mass is 407 g/mol. The van der Waals surface area contributed by atoms with Gasteiger partial charge in [0.15, 0.2) is 0 Å². The highest BCUT2D eigenvalue weighted by Gasteiger charge is 2.23. The first kappa shape index (κ1) is 22.1. The van der Waals surface area contributed by atoms with Gasteiger partial charge in [-0.3, -0.25) is 9.48 Å². The van der Waals surface area contributed by atoms with E-state index in [0.717, 1.165) is 6.54 Å². The summed E-state index contributed by atoms with van der Waals surface area (Å²) in [6.07, 6.45) is 3.34. The quantitative estimate of drug-likeness (QED) is 0.687. The van der Waals surface area contributed by atoms with Crippen LogP contribution in [0.5, 0.6) is 0 Å². The lowest BCUT2D eigenvalue weighted by atomic mass is 10.1. The molecule has 2 aromatic rings. The first-order chi connectivity index (χ1) is 13.2. The predicted octanol–water partition coefficient (Wildman–Crippen LogP) is 2.04. The molecule has 9 heteroatoms. The smallest absolute Gasteiger partial charge is 0.256 e. The lowest BCUT2D eigenvalue weighted by Gasteiger charge is -2.19. The summed E-state index contributed by atoms with van der Waals surface area (Å²) in [6, 6.07) is 4.64. The van der Waals surface area contributed by atoms with Crippen LogP contribution in [0.15, 0.2) is 35.5 Å². The summed E-state index contributed by atoms with van der Waals surface area (Å²) in [5.74, 6) is -0.360. The molecule has 1 heterocycles. The zero-order valence-electron chi connectivity index (χ0n) is 17.1. The molecule has 0 spiro atoms. The molecule has 8 nitrogen and oxygen atoms in total. The molecule has 1 N–H and O–H groups in total. The summed E-state index contributed by atoms with van der Waals surface area (Å²) < 4.78 is 28.6. The van der Waals surface area contributed by atoms with Gasteiger partial charge in [0.1, 0.15) is 0 Å². The average Bonchev–Trinajstić information content (AvgIpc) is 3.08. The van der Waals surface area contributed by atoms with Crippen molar-refractivity contribution < 1.29 is 13.2 Å². The van der Waals surface area contributed by atoms with Crippen molar-refractivity contribution in [3.63, 3.8) is 0 Å². The van der Waals surface area contributed by atoms with Crippen molar-refractivity contribution >= 4 is 21.6 Å². The molecule has 28 heavy (non-hydrogen) atoms. The summed E-state index contributed by atoms with van der Waals surface area (Å²) in [5.41, 5.74) is 1.60. The minimum absolute atomic E-state index is 0.119. The van der Waals surface area contributed by atoms with Gasteiger partial charge >= 0.3 is 0 Å². The van der Waals surface area contributed by atoms with Crippen molar-refractivity contribution in [3.8, 4) is 0 Å². The van der Waals surface area contributed by atoms with E-state index in [0.29, 0.717) is 36.4 Å². The van der Waals surface area contributed by atoms with Crippen LogP contribution in [0, 0.1) is 6.92 Å². The number of hydrogen-bond donors (Lipinski definition) is 1. The predicted molar refractivity (Wildman–Crippen MR) is 110 cm³/mol. The zero-order chi connectivity index (χ0) is 20.9. The van der Waals surface area contributed by atoms with E-state index in [1.165, 1.54) is 10.4 Å². The fourth-order valence-corrected chi connectivity index (χ4v) is 4.25. The van der Waals surface area contributed by atoms with Gasteiger partial charge in [-0.15, -0.1) is 0 Å². The number of rotatable bonds is 9. The molecular formula is C19H29N5O3S. The molecule has 0 aliphatic rings. The van der Waals surface area contributed by atoms with Gasteiger partial charge in [-0.25, -0.2) is 8.42 Å². The number of nitrogens with one attached hydrogen (secondary N) is 1. The highest BCUT2D eigenvalue weighted by molar-refractivity contribution is 7.89. The van der Waals surface area contributed by atoms with Gasteiger partial charge in [-0.1, -0.05) is 19.9 Å². The Hall–Kier alpha value is -2.23. The van der Waals surface area contributed by atoms with E-state index < -0.39 is 10.0 Å². The van der Waals surface area contributed by atoms with Crippen molar-refractivity contribution in [1.82, 2.24) is 19.0 Å². The number of aryl methyl sites for hydroxylation is 1. The van der Waals surface area contributed by atoms with E-state index in [4.69, 9.17) is 0 Å². The molecule has 154 valence electrons. The van der Waals surface area contributed by atoms with Crippen molar-refractivity contribution in [2.45, 2.75) is 32.2 Å². The molecule has 0 atom stereocenters. The van der Waals surface area contributed by atoms with Crippen LogP contribution in [0.2, 0.25) is 0 Å². The van der Waals surface area contributed by atoms with Gasteiger partial charge < -0.3 is 10.2 Å². The van der Waals surface area contributed by atoms with Gasteiger partial charge in [0.25, 0.3) is 5.91 Å². The second-order valence-electron chi connectivity index (χ2n) is 6.82. The number of carbonyl (C=O) groups excluding carboxylic acids is 1. The highest BCUT2D eigenvalue weighted by Crippen LogP contribution is 2.20. The second kappa shape index (κ2) is 9.31. The van der Waals surface area contributed by atoms with Crippen molar-refractivity contribution in [3.05, 3.63) is 41.7 Å². The third-order valence-corrected chi connectivity index (χ3v) is 6.51. The number of benzene rings is 1. The van der Waals surface area contributed by atoms with E-state index in [1.54, 1.807) is 50.0 Å². The third-order valence-electron chi connectivity index (χ3n) is 4.46. The number of sulfonamides is 1. The van der Waals surface area contributed by atoms with Crippen molar-refractivity contribution in [2.75, 3.05) is 39.0 Å².